The molecular formula is C12H24N2. The molecule has 0 bridgehead atoms. The third-order valence-corrected chi connectivity index (χ3v) is 4.09. The number of likely N-dealkylation sites (tertiary alicyclic amines) is 1. The normalized spacial score (nSPS) is 32.6. The number of hydrogen-bond acceptors (Lipinski definition) is 2. The van der Waals surface area contributed by atoms with Crippen molar-refractivity contribution < 1.29 is 0 Å². The van der Waals surface area contributed by atoms with Crippen molar-refractivity contribution >= 4 is 0 Å². The average Bonchev–Trinajstić information content (AvgIpc) is 2.16. The fourth-order valence-electron chi connectivity index (χ4n) is 2.92. The number of rotatable bonds is 3. The Labute approximate surface area is 87.8 Å². The first-order chi connectivity index (χ1) is 6.73. The van der Waals surface area contributed by atoms with Crippen molar-refractivity contribution in [3.8, 4) is 0 Å². The summed E-state index contributed by atoms with van der Waals surface area (Å²) in [7, 11) is 0. The standard InChI is InChI=1S/C12H24N2/c1-2-11-6-3-4-9-14(11)10-12(13)7-5-8-12/h11H,2-10,13H2,1H3. The SMILES string of the molecule is CCC1CCCCN1CC1(N)CCC1. The lowest BCUT2D eigenvalue weighted by atomic mass is 9.76. The Bertz CT molecular complexity index is 187. The number of piperidine rings is 1. The topological polar surface area (TPSA) is 29.3 Å². The summed E-state index contributed by atoms with van der Waals surface area (Å²) >= 11 is 0. The first-order valence-electron chi connectivity index (χ1n) is 6.26. The van der Waals surface area contributed by atoms with Crippen molar-refractivity contribution in [2.75, 3.05) is 13.1 Å². The van der Waals surface area contributed by atoms with Crippen molar-refractivity contribution in [3.63, 3.8) is 0 Å². The van der Waals surface area contributed by atoms with Crippen LogP contribution >= 0.6 is 0 Å². The Kier molecular flexibility index (Phi) is 3.13. The van der Waals surface area contributed by atoms with Crippen LogP contribution in [0.5, 0.6) is 0 Å². The third kappa shape index (κ3) is 2.12. The van der Waals surface area contributed by atoms with E-state index < -0.39 is 0 Å². The molecule has 1 aliphatic heterocycles. The van der Waals surface area contributed by atoms with Crippen molar-refractivity contribution in [2.45, 2.75) is 63.5 Å². The first kappa shape index (κ1) is 10.4. The van der Waals surface area contributed by atoms with E-state index in [-0.39, 0.29) is 5.54 Å². The first-order valence-corrected chi connectivity index (χ1v) is 6.26. The van der Waals surface area contributed by atoms with Crippen molar-refractivity contribution in [1.82, 2.24) is 4.90 Å². The molecule has 1 saturated carbocycles. The molecule has 0 spiro atoms. The van der Waals surface area contributed by atoms with E-state index in [0.29, 0.717) is 0 Å². The van der Waals surface area contributed by atoms with Gasteiger partial charge in [0.25, 0.3) is 0 Å². The maximum Gasteiger partial charge on any atom is 0.0283 e. The summed E-state index contributed by atoms with van der Waals surface area (Å²) in [6.45, 7) is 4.76. The lowest BCUT2D eigenvalue weighted by Crippen LogP contribution is -2.57. The van der Waals surface area contributed by atoms with Crippen molar-refractivity contribution in [3.05, 3.63) is 0 Å². The number of hydrogen-bond donors (Lipinski definition) is 1. The van der Waals surface area contributed by atoms with Gasteiger partial charge in [0.15, 0.2) is 0 Å². The van der Waals surface area contributed by atoms with Crippen molar-refractivity contribution in [1.29, 1.82) is 0 Å². The van der Waals surface area contributed by atoms with Crippen LogP contribution in [0.25, 0.3) is 0 Å². The highest BCUT2D eigenvalue weighted by molar-refractivity contribution is 4.96. The molecule has 1 saturated heterocycles. The summed E-state index contributed by atoms with van der Waals surface area (Å²) in [5, 5.41) is 0. The summed E-state index contributed by atoms with van der Waals surface area (Å²) in [6, 6.07) is 0.824. The highest BCUT2D eigenvalue weighted by Gasteiger charge is 2.36. The van der Waals surface area contributed by atoms with E-state index in [2.05, 4.69) is 11.8 Å². The zero-order chi connectivity index (χ0) is 10.0. The maximum absolute atomic E-state index is 6.31. The average molecular weight is 196 g/mol. The smallest absolute Gasteiger partial charge is 0.0283 e. The van der Waals surface area contributed by atoms with Crippen molar-refractivity contribution in [2.24, 2.45) is 5.73 Å². The van der Waals surface area contributed by atoms with Gasteiger partial charge in [-0.1, -0.05) is 13.3 Å². The van der Waals surface area contributed by atoms with Gasteiger partial charge in [0, 0.05) is 18.1 Å². The molecule has 82 valence electrons. The predicted octanol–water partition coefficient (Wildman–Crippen LogP) is 2.13. The van der Waals surface area contributed by atoms with E-state index in [9.17, 15) is 0 Å². The number of nitrogens with two attached hydrogens (primary N) is 1. The van der Waals surface area contributed by atoms with E-state index >= 15 is 0 Å². The molecule has 1 unspecified atom stereocenters. The Morgan fingerprint density at radius 3 is 2.64 bits per heavy atom. The van der Waals surface area contributed by atoms with Gasteiger partial charge in [0.05, 0.1) is 0 Å². The van der Waals surface area contributed by atoms with Gasteiger partial charge < -0.3 is 5.73 Å². The van der Waals surface area contributed by atoms with Gasteiger partial charge in [0.2, 0.25) is 0 Å². The highest BCUT2D eigenvalue weighted by atomic mass is 15.2. The summed E-state index contributed by atoms with van der Waals surface area (Å²) in [6.07, 6.45) is 9.35. The molecule has 2 nitrogen and oxygen atoms in total. The van der Waals surface area contributed by atoms with Crippen LogP contribution in [0.3, 0.4) is 0 Å². The highest BCUT2D eigenvalue weighted by Crippen LogP contribution is 2.32. The summed E-state index contributed by atoms with van der Waals surface area (Å²) in [5.74, 6) is 0. The number of nitrogens with zero attached hydrogens (tertiary/aromatic N) is 1. The molecule has 2 fully saturated rings. The minimum absolute atomic E-state index is 0.185. The molecule has 1 atom stereocenters. The second-order valence-corrected chi connectivity index (χ2v) is 5.24. The van der Waals surface area contributed by atoms with Gasteiger partial charge in [0.1, 0.15) is 0 Å². The van der Waals surface area contributed by atoms with Gasteiger partial charge in [-0.2, -0.15) is 0 Å². The fraction of sp³-hybridized carbons (Fsp3) is 1.00. The molecule has 0 aromatic heterocycles. The van der Waals surface area contributed by atoms with E-state index in [1.54, 1.807) is 0 Å². The van der Waals surface area contributed by atoms with E-state index in [1.807, 2.05) is 0 Å². The minimum Gasteiger partial charge on any atom is -0.324 e. The molecular weight excluding hydrogens is 172 g/mol. The largest absolute Gasteiger partial charge is 0.324 e. The minimum atomic E-state index is 0.185. The van der Waals surface area contributed by atoms with Gasteiger partial charge in [-0.3, -0.25) is 4.90 Å². The molecule has 0 amide bonds. The lowest BCUT2D eigenvalue weighted by molar-refractivity contribution is 0.0806. The molecule has 0 aromatic rings. The Morgan fingerprint density at radius 1 is 1.29 bits per heavy atom. The molecule has 1 aliphatic carbocycles. The van der Waals surface area contributed by atoms with Gasteiger partial charge >= 0.3 is 0 Å². The van der Waals surface area contributed by atoms with Gasteiger partial charge in [-0.15, -0.1) is 0 Å². The zero-order valence-corrected chi connectivity index (χ0v) is 9.47. The second-order valence-electron chi connectivity index (χ2n) is 5.24. The van der Waals surface area contributed by atoms with Crippen LogP contribution in [-0.4, -0.2) is 29.6 Å². The monoisotopic (exact) mass is 196 g/mol. The Morgan fingerprint density at radius 2 is 2.07 bits per heavy atom. The molecule has 0 radical (unpaired) electrons. The third-order valence-electron chi connectivity index (χ3n) is 4.09. The zero-order valence-electron chi connectivity index (χ0n) is 9.47. The van der Waals surface area contributed by atoms with Crippen LogP contribution in [0.15, 0.2) is 0 Å². The molecule has 0 aromatic carbocycles. The summed E-state index contributed by atoms with van der Waals surface area (Å²) in [4.78, 5) is 2.66. The van der Waals surface area contributed by atoms with Crippen LogP contribution in [0.4, 0.5) is 0 Å². The molecule has 2 N–H and O–H groups in total. The summed E-state index contributed by atoms with van der Waals surface area (Å²) < 4.78 is 0. The van der Waals surface area contributed by atoms with E-state index in [4.69, 9.17) is 5.73 Å². The lowest BCUT2D eigenvalue weighted by Gasteiger charge is -2.46. The molecule has 1 heterocycles. The molecule has 14 heavy (non-hydrogen) atoms. The predicted molar refractivity (Wildman–Crippen MR) is 60.3 cm³/mol. The molecule has 2 heteroatoms. The van der Waals surface area contributed by atoms with Gasteiger partial charge in [-0.05, 0) is 45.1 Å². The molecule has 2 rings (SSSR count). The molecule has 2 aliphatic rings. The summed E-state index contributed by atoms with van der Waals surface area (Å²) in [5.41, 5.74) is 6.49. The Balaban J connectivity index is 1.87. The van der Waals surface area contributed by atoms with Crippen LogP contribution in [0.1, 0.15) is 51.9 Å². The quantitative estimate of drug-likeness (QED) is 0.749. The fourth-order valence-corrected chi connectivity index (χ4v) is 2.92. The van der Waals surface area contributed by atoms with Crippen LogP contribution < -0.4 is 5.73 Å². The maximum atomic E-state index is 6.31. The van der Waals surface area contributed by atoms with Gasteiger partial charge in [-0.25, -0.2) is 0 Å². The Hall–Kier alpha value is -0.0800. The van der Waals surface area contributed by atoms with E-state index in [1.165, 1.54) is 51.5 Å². The van der Waals surface area contributed by atoms with E-state index in [0.717, 1.165) is 12.6 Å². The van der Waals surface area contributed by atoms with Crippen LogP contribution in [-0.2, 0) is 0 Å². The van der Waals surface area contributed by atoms with Crippen LogP contribution in [0, 0.1) is 0 Å². The second kappa shape index (κ2) is 4.19. The van der Waals surface area contributed by atoms with Crippen LogP contribution in [0.2, 0.25) is 0 Å².